The topological polar surface area (TPSA) is 38.3 Å². The van der Waals surface area contributed by atoms with Gasteiger partial charge in [-0.05, 0) is 20.3 Å². The van der Waals surface area contributed by atoms with E-state index in [1.165, 1.54) is 6.61 Å². The van der Waals surface area contributed by atoms with Crippen molar-refractivity contribution in [3.05, 3.63) is 6.61 Å². The summed E-state index contributed by atoms with van der Waals surface area (Å²) in [5.41, 5.74) is 0. The highest BCUT2D eigenvalue weighted by atomic mass is 16.5. The Kier molecular flexibility index (Phi) is 4.72. The molecule has 0 aliphatic carbocycles. The number of hydrogen-bond acceptors (Lipinski definition) is 2. The van der Waals surface area contributed by atoms with Gasteiger partial charge >= 0.3 is 6.09 Å². The normalized spacial score (nSPS) is 9.60. The summed E-state index contributed by atoms with van der Waals surface area (Å²) in [5, 5.41) is 2.59. The molecule has 0 fully saturated rings. The Morgan fingerprint density at radius 2 is 2.30 bits per heavy atom. The van der Waals surface area contributed by atoms with Crippen molar-refractivity contribution in [2.24, 2.45) is 0 Å². The maximum atomic E-state index is 10.6. The number of alkyl carbamates (subject to hydrolysis) is 1. The molecule has 3 nitrogen and oxygen atoms in total. The molecule has 0 aromatic carbocycles. The number of ether oxygens (including phenoxy) is 1. The molecule has 0 atom stereocenters. The zero-order chi connectivity index (χ0) is 7.98. The van der Waals surface area contributed by atoms with E-state index in [2.05, 4.69) is 10.1 Å². The van der Waals surface area contributed by atoms with E-state index in [9.17, 15) is 4.79 Å². The van der Waals surface area contributed by atoms with Crippen molar-refractivity contribution in [1.82, 2.24) is 5.32 Å². The maximum absolute atomic E-state index is 10.6. The summed E-state index contributed by atoms with van der Waals surface area (Å²) >= 11 is 0. The summed E-state index contributed by atoms with van der Waals surface area (Å²) in [6, 6.07) is 0.137. The summed E-state index contributed by atoms with van der Waals surface area (Å²) in [7, 11) is 0. The SMILES string of the molecule is CC[CH]OC(=O)NC(C)C. The molecule has 0 aliphatic heterocycles. The molecule has 0 aromatic rings. The van der Waals surface area contributed by atoms with Gasteiger partial charge in [0.05, 0.1) is 0 Å². The lowest BCUT2D eigenvalue weighted by molar-refractivity contribution is 0.167. The Labute approximate surface area is 61.8 Å². The Morgan fingerprint density at radius 1 is 1.70 bits per heavy atom. The van der Waals surface area contributed by atoms with E-state index in [-0.39, 0.29) is 12.1 Å². The van der Waals surface area contributed by atoms with E-state index in [0.717, 1.165) is 6.42 Å². The first-order valence-corrected chi connectivity index (χ1v) is 3.45. The second kappa shape index (κ2) is 5.09. The molecule has 59 valence electrons. The lowest BCUT2D eigenvalue weighted by Crippen LogP contribution is -2.30. The molecule has 0 unspecified atom stereocenters. The van der Waals surface area contributed by atoms with Crippen LogP contribution in [-0.4, -0.2) is 12.1 Å². The fourth-order valence-electron chi connectivity index (χ4n) is 0.429. The van der Waals surface area contributed by atoms with E-state index >= 15 is 0 Å². The van der Waals surface area contributed by atoms with Gasteiger partial charge in [-0.2, -0.15) is 0 Å². The van der Waals surface area contributed by atoms with Gasteiger partial charge in [0.15, 0.2) is 0 Å². The molecule has 1 amide bonds. The number of hydrogen-bond donors (Lipinski definition) is 1. The van der Waals surface area contributed by atoms with Crippen LogP contribution in [0.4, 0.5) is 4.79 Å². The van der Waals surface area contributed by atoms with E-state index in [1.54, 1.807) is 0 Å². The first kappa shape index (κ1) is 9.27. The zero-order valence-corrected chi connectivity index (χ0v) is 6.68. The van der Waals surface area contributed by atoms with Gasteiger partial charge in [0.2, 0.25) is 0 Å². The highest BCUT2D eigenvalue weighted by Gasteiger charge is 2.01. The molecular weight excluding hydrogens is 130 g/mol. The molecule has 0 saturated carbocycles. The minimum atomic E-state index is -0.378. The Hall–Kier alpha value is -0.730. The summed E-state index contributed by atoms with van der Waals surface area (Å²) in [4.78, 5) is 10.6. The molecule has 3 heteroatoms. The maximum Gasteiger partial charge on any atom is 0.407 e. The molecule has 0 aliphatic rings. The van der Waals surface area contributed by atoms with Gasteiger partial charge in [-0.15, -0.1) is 0 Å². The first-order chi connectivity index (χ1) is 4.66. The quantitative estimate of drug-likeness (QED) is 0.654. The fourth-order valence-corrected chi connectivity index (χ4v) is 0.429. The van der Waals surface area contributed by atoms with Crippen LogP contribution >= 0.6 is 0 Å². The van der Waals surface area contributed by atoms with Crippen molar-refractivity contribution in [1.29, 1.82) is 0 Å². The fraction of sp³-hybridized carbons (Fsp3) is 0.714. The van der Waals surface area contributed by atoms with Gasteiger partial charge in [-0.25, -0.2) is 4.79 Å². The Balaban J connectivity index is 3.26. The van der Waals surface area contributed by atoms with E-state index in [0.29, 0.717) is 0 Å². The van der Waals surface area contributed by atoms with Crippen molar-refractivity contribution < 1.29 is 9.53 Å². The van der Waals surface area contributed by atoms with Gasteiger partial charge in [-0.1, -0.05) is 6.92 Å². The first-order valence-electron chi connectivity index (χ1n) is 3.45. The van der Waals surface area contributed by atoms with Crippen LogP contribution in [0.1, 0.15) is 27.2 Å². The summed E-state index contributed by atoms with van der Waals surface area (Å²) in [5.74, 6) is 0. The zero-order valence-electron chi connectivity index (χ0n) is 6.68. The third-order valence-electron chi connectivity index (χ3n) is 0.764. The summed E-state index contributed by atoms with van der Waals surface area (Å²) in [6.07, 6.45) is 0.364. The smallest absolute Gasteiger partial charge is 0.407 e. The standard InChI is InChI=1S/C7H14NO2/c1-4-5-10-7(9)8-6(2)3/h5-6H,4H2,1-3H3,(H,8,9). The highest BCUT2D eigenvalue weighted by Crippen LogP contribution is 1.88. The summed E-state index contributed by atoms with van der Waals surface area (Å²) in [6.45, 7) is 7.14. The Morgan fingerprint density at radius 3 is 2.70 bits per heavy atom. The second-order valence-corrected chi connectivity index (χ2v) is 2.28. The monoisotopic (exact) mass is 144 g/mol. The highest BCUT2D eigenvalue weighted by molar-refractivity contribution is 5.67. The third kappa shape index (κ3) is 5.41. The number of nitrogens with one attached hydrogen (secondary N) is 1. The van der Waals surface area contributed by atoms with Crippen LogP contribution in [-0.2, 0) is 4.74 Å². The van der Waals surface area contributed by atoms with Crippen molar-refractivity contribution in [2.45, 2.75) is 33.2 Å². The minimum Gasteiger partial charge on any atom is -0.442 e. The van der Waals surface area contributed by atoms with Crippen molar-refractivity contribution in [2.75, 3.05) is 0 Å². The molecule has 1 radical (unpaired) electrons. The number of amides is 1. The van der Waals surface area contributed by atoms with Gasteiger partial charge in [-0.3, -0.25) is 0 Å². The van der Waals surface area contributed by atoms with Crippen molar-refractivity contribution >= 4 is 6.09 Å². The van der Waals surface area contributed by atoms with Crippen LogP contribution in [0.3, 0.4) is 0 Å². The molecule has 0 heterocycles. The molecule has 0 saturated heterocycles. The number of carbonyl (C=O) groups excluding carboxylic acids is 1. The van der Waals surface area contributed by atoms with Gasteiger partial charge < -0.3 is 10.1 Å². The largest absolute Gasteiger partial charge is 0.442 e. The average Bonchev–Trinajstić information content (AvgIpc) is 1.82. The average molecular weight is 144 g/mol. The Bertz CT molecular complexity index is 102. The van der Waals surface area contributed by atoms with Crippen molar-refractivity contribution in [3.63, 3.8) is 0 Å². The van der Waals surface area contributed by atoms with Crippen LogP contribution in [0, 0.1) is 6.61 Å². The van der Waals surface area contributed by atoms with E-state index < -0.39 is 0 Å². The van der Waals surface area contributed by atoms with Gasteiger partial charge in [0.25, 0.3) is 0 Å². The minimum absolute atomic E-state index is 0.137. The lowest BCUT2D eigenvalue weighted by atomic mass is 10.4. The van der Waals surface area contributed by atoms with Gasteiger partial charge in [0.1, 0.15) is 6.61 Å². The van der Waals surface area contributed by atoms with Crippen LogP contribution in [0.2, 0.25) is 0 Å². The van der Waals surface area contributed by atoms with Crippen LogP contribution in [0.25, 0.3) is 0 Å². The van der Waals surface area contributed by atoms with E-state index in [4.69, 9.17) is 0 Å². The number of carbonyl (C=O) groups is 1. The molecule has 0 rings (SSSR count). The molecule has 1 N–H and O–H groups in total. The second-order valence-electron chi connectivity index (χ2n) is 2.28. The third-order valence-corrected chi connectivity index (χ3v) is 0.764. The van der Waals surface area contributed by atoms with Crippen molar-refractivity contribution in [3.8, 4) is 0 Å². The predicted molar refractivity (Wildman–Crippen MR) is 39.3 cm³/mol. The molecule has 0 spiro atoms. The van der Waals surface area contributed by atoms with Crippen LogP contribution in [0.15, 0.2) is 0 Å². The molecule has 10 heavy (non-hydrogen) atoms. The summed E-state index contributed by atoms with van der Waals surface area (Å²) < 4.78 is 4.63. The van der Waals surface area contributed by atoms with Crippen LogP contribution < -0.4 is 5.32 Å². The predicted octanol–water partition coefficient (Wildman–Crippen LogP) is 1.69. The number of rotatable bonds is 3. The van der Waals surface area contributed by atoms with Crippen LogP contribution in [0.5, 0.6) is 0 Å². The van der Waals surface area contributed by atoms with E-state index in [1.807, 2.05) is 20.8 Å². The van der Waals surface area contributed by atoms with Gasteiger partial charge in [0, 0.05) is 6.04 Å². The molecule has 0 bridgehead atoms. The lowest BCUT2D eigenvalue weighted by Gasteiger charge is -2.07. The molecular formula is C7H14NO2. The molecule has 0 aromatic heterocycles.